The molecular formula is C27H35N6O8PS. The number of aromatic nitrogens is 4. The Balaban J connectivity index is 1.55. The second kappa shape index (κ2) is 13.5. The number of terminal acetylenes is 1. The number of nitrogens with one attached hydrogen (secondary N) is 2. The van der Waals surface area contributed by atoms with Crippen LogP contribution >= 0.6 is 6.64 Å². The van der Waals surface area contributed by atoms with Gasteiger partial charge in [-0.15, -0.1) is 6.42 Å². The summed E-state index contributed by atoms with van der Waals surface area (Å²) in [4.78, 5) is 35.5. The third-order valence-corrected chi connectivity index (χ3v) is 9.28. The van der Waals surface area contributed by atoms with E-state index in [2.05, 4.69) is 32.9 Å². The minimum Gasteiger partial charge on any atom is -0.462 e. The van der Waals surface area contributed by atoms with Crippen molar-refractivity contribution in [2.24, 2.45) is 0 Å². The quantitative estimate of drug-likeness (QED) is 0.104. The Kier molecular flexibility index (Phi) is 10.2. The number of carbonyl (C=O) groups is 1. The summed E-state index contributed by atoms with van der Waals surface area (Å²) in [6, 6.07) is 7.70. The summed E-state index contributed by atoms with van der Waals surface area (Å²) < 4.78 is 24.7. The molecule has 14 nitrogen and oxygen atoms in total. The van der Waals surface area contributed by atoms with Gasteiger partial charge in [-0.1, -0.05) is 43.9 Å². The van der Waals surface area contributed by atoms with E-state index in [0.29, 0.717) is 5.75 Å². The number of ether oxygens (including phenoxy) is 2. The number of H-pyrrole nitrogens is 1. The predicted molar refractivity (Wildman–Crippen MR) is 161 cm³/mol. The van der Waals surface area contributed by atoms with Gasteiger partial charge < -0.3 is 34.5 Å². The highest BCUT2D eigenvalue weighted by Gasteiger charge is 2.56. The minimum absolute atomic E-state index is 0.0200. The number of benzene rings is 1. The molecule has 2 aromatic heterocycles. The van der Waals surface area contributed by atoms with E-state index in [1.54, 1.807) is 37.3 Å². The Labute approximate surface area is 253 Å². The molecule has 0 saturated carbocycles. The fourth-order valence-corrected chi connectivity index (χ4v) is 6.89. The summed E-state index contributed by atoms with van der Waals surface area (Å²) in [5, 5.41) is 25.3. The Morgan fingerprint density at radius 2 is 2.12 bits per heavy atom. The molecule has 1 aromatic carbocycles. The molecule has 4 unspecified atom stereocenters. The second-order valence-corrected chi connectivity index (χ2v) is 13.3. The lowest BCUT2D eigenvalue weighted by Crippen LogP contribution is -2.46. The highest BCUT2D eigenvalue weighted by molar-refractivity contribution is 8.09. The summed E-state index contributed by atoms with van der Waals surface area (Å²) >= 11 is 5.75. The van der Waals surface area contributed by atoms with Gasteiger partial charge in [-0.2, -0.15) is 4.98 Å². The van der Waals surface area contributed by atoms with Gasteiger partial charge in [0, 0.05) is 0 Å². The van der Waals surface area contributed by atoms with Crippen LogP contribution in [0.15, 0.2) is 41.5 Å². The van der Waals surface area contributed by atoms with Gasteiger partial charge in [0.05, 0.1) is 19.0 Å². The number of aromatic amines is 1. The third kappa shape index (κ3) is 7.25. The zero-order chi connectivity index (χ0) is 31.4. The van der Waals surface area contributed by atoms with Gasteiger partial charge in [0.2, 0.25) is 5.95 Å². The molecule has 0 bridgehead atoms. The van der Waals surface area contributed by atoms with E-state index in [4.69, 9.17) is 42.5 Å². The van der Waals surface area contributed by atoms with Crippen LogP contribution in [0.5, 0.6) is 5.75 Å². The molecule has 1 aliphatic rings. The van der Waals surface area contributed by atoms with Gasteiger partial charge in [-0.3, -0.25) is 19.1 Å². The largest absolute Gasteiger partial charge is 0.462 e. The van der Waals surface area contributed by atoms with E-state index < -0.39 is 54.9 Å². The molecule has 1 aliphatic heterocycles. The molecule has 43 heavy (non-hydrogen) atoms. The van der Waals surface area contributed by atoms with Crippen molar-refractivity contribution in [1.29, 1.82) is 0 Å². The highest BCUT2D eigenvalue weighted by Crippen LogP contribution is 2.47. The number of hydrogen-bond acceptors (Lipinski definition) is 12. The van der Waals surface area contributed by atoms with E-state index in [0.717, 1.165) is 19.3 Å². The molecule has 0 radical (unpaired) electrons. The Bertz CT molecular complexity index is 1580. The van der Waals surface area contributed by atoms with Crippen molar-refractivity contribution in [2.75, 3.05) is 12.3 Å². The van der Waals surface area contributed by atoms with Gasteiger partial charge in [0.25, 0.3) is 5.56 Å². The fourth-order valence-electron chi connectivity index (χ4n) is 4.48. The number of anilines is 1. The van der Waals surface area contributed by atoms with E-state index >= 15 is 0 Å². The lowest BCUT2D eigenvalue weighted by atomic mass is 9.95. The maximum Gasteiger partial charge on any atom is 0.323 e. The summed E-state index contributed by atoms with van der Waals surface area (Å²) in [7, 11) is 0. The van der Waals surface area contributed by atoms with Crippen LogP contribution in [0.2, 0.25) is 0 Å². The molecular weight excluding hydrogens is 599 g/mol. The summed E-state index contributed by atoms with van der Waals surface area (Å²) in [5.74, 6) is 1.82. The fraction of sp³-hybridized carbons (Fsp3) is 0.481. The predicted octanol–water partition coefficient (Wildman–Crippen LogP) is 1.74. The van der Waals surface area contributed by atoms with Crippen molar-refractivity contribution in [2.45, 2.75) is 76.2 Å². The molecule has 1 saturated heterocycles. The molecule has 16 heteroatoms. The minimum atomic E-state index is -3.51. The number of hydrogen-bond donors (Lipinski definition) is 5. The Morgan fingerprint density at radius 3 is 2.79 bits per heavy atom. The number of unbranched alkanes of at least 4 members (excludes halogenated alkanes) is 1. The summed E-state index contributed by atoms with van der Waals surface area (Å²) in [5.41, 5.74) is 2.70. The number of fused-ring (bicyclic) bond motifs is 1. The molecule has 0 spiro atoms. The number of nitrogens with zero attached hydrogens (tertiary/aromatic N) is 3. The standard InChI is InChI=1S/C27H35N6O8PS/c1-5-7-11-16(3)39-24(36)17(4)32-42(43,41-18-12-9-8-10-13-18)38-14-19-21(34)27(37,6-2)25(40-19)33-15-29-20-22(33)30-26(28)31-23(20)35/h2,8-10,12-13,15-17,19,21,25,34,37H,5,7,11,14H2,1,3-4H3,(H,32,43)(H3,28,30,31,35)/t16?,17?,19?,21-,25-,27-,42?/m1/s1. The van der Waals surface area contributed by atoms with Crippen molar-refractivity contribution >= 4 is 41.5 Å². The maximum absolute atomic E-state index is 12.8. The highest BCUT2D eigenvalue weighted by atomic mass is 32.5. The monoisotopic (exact) mass is 634 g/mol. The van der Waals surface area contributed by atoms with Gasteiger partial charge in [-0.05, 0) is 44.2 Å². The second-order valence-electron chi connectivity index (χ2n) is 10.2. The van der Waals surface area contributed by atoms with Crippen molar-refractivity contribution in [3.05, 3.63) is 47.0 Å². The first-order valence-corrected chi connectivity index (χ1v) is 16.3. The van der Waals surface area contributed by atoms with Gasteiger partial charge in [0.1, 0.15) is 24.0 Å². The molecule has 3 aromatic rings. The number of esters is 1. The Hall–Kier alpha value is -3.35. The van der Waals surface area contributed by atoms with Crippen LogP contribution in [0, 0.1) is 12.3 Å². The lowest BCUT2D eigenvalue weighted by molar-refractivity contribution is -0.150. The van der Waals surface area contributed by atoms with Crippen molar-refractivity contribution < 1.29 is 33.5 Å². The van der Waals surface area contributed by atoms with E-state index in [9.17, 15) is 19.8 Å². The van der Waals surface area contributed by atoms with Gasteiger partial charge in [-0.25, -0.2) is 10.1 Å². The smallest absolute Gasteiger partial charge is 0.323 e. The topological polar surface area (TPSA) is 196 Å². The first-order valence-electron chi connectivity index (χ1n) is 13.6. The molecule has 232 valence electrons. The third-order valence-electron chi connectivity index (χ3n) is 6.78. The molecule has 7 atom stereocenters. The average Bonchev–Trinajstić information content (AvgIpc) is 3.49. The zero-order valence-corrected chi connectivity index (χ0v) is 25.6. The van der Waals surface area contributed by atoms with Crippen molar-refractivity contribution in [3.8, 4) is 18.1 Å². The summed E-state index contributed by atoms with van der Waals surface area (Å²) in [6.45, 7) is 1.53. The normalized spacial score (nSPS) is 24.6. The molecule has 1 fully saturated rings. The number of nitrogen functional groups attached to an aromatic ring is 1. The van der Waals surface area contributed by atoms with Crippen LogP contribution in [0.3, 0.4) is 0 Å². The van der Waals surface area contributed by atoms with Crippen LogP contribution in [0.4, 0.5) is 5.95 Å². The van der Waals surface area contributed by atoms with Crippen LogP contribution in [0.1, 0.15) is 46.3 Å². The Morgan fingerprint density at radius 1 is 1.40 bits per heavy atom. The zero-order valence-electron chi connectivity index (χ0n) is 23.9. The average molecular weight is 635 g/mol. The first kappa shape index (κ1) is 32.6. The number of imidazole rings is 1. The van der Waals surface area contributed by atoms with Crippen LogP contribution in [-0.2, 0) is 30.6 Å². The molecule has 4 rings (SSSR count). The van der Waals surface area contributed by atoms with Crippen molar-refractivity contribution in [3.63, 3.8) is 0 Å². The number of rotatable bonds is 13. The van der Waals surface area contributed by atoms with Crippen LogP contribution in [0.25, 0.3) is 11.2 Å². The van der Waals surface area contributed by atoms with Gasteiger partial charge >= 0.3 is 12.6 Å². The van der Waals surface area contributed by atoms with Crippen molar-refractivity contribution in [1.82, 2.24) is 24.6 Å². The number of aliphatic hydroxyl groups is 2. The lowest BCUT2D eigenvalue weighted by Gasteiger charge is -2.28. The van der Waals surface area contributed by atoms with Crippen LogP contribution in [-0.4, -0.2) is 72.3 Å². The molecule has 0 aliphatic carbocycles. The van der Waals surface area contributed by atoms with E-state index in [-0.39, 0.29) is 23.2 Å². The van der Waals surface area contributed by atoms with E-state index in [1.807, 2.05) is 6.92 Å². The first-order chi connectivity index (χ1) is 20.4. The SMILES string of the molecule is C#C[C@@]1(O)[C@H](O)C(COP(=S)(NC(C)C(=O)OC(C)CCCC)Oc2ccccc2)O[C@H]1n1cnc2c(=O)[nH]c(N)nc21. The van der Waals surface area contributed by atoms with Crippen LogP contribution < -0.4 is 20.9 Å². The summed E-state index contributed by atoms with van der Waals surface area (Å²) in [6.07, 6.45) is 4.81. The van der Waals surface area contributed by atoms with E-state index in [1.165, 1.54) is 10.9 Å². The molecule has 6 N–H and O–H groups in total. The number of carbonyl (C=O) groups excluding carboxylic acids is 1. The molecule has 0 amide bonds. The molecule has 3 heterocycles. The number of para-hydroxylation sites is 1. The maximum atomic E-state index is 12.8. The number of aliphatic hydroxyl groups excluding tert-OH is 1. The van der Waals surface area contributed by atoms with Gasteiger partial charge in [0.15, 0.2) is 23.0 Å². The number of nitrogens with two attached hydrogens (primary N) is 1.